The average Bonchev–Trinajstić information content (AvgIpc) is 0.722. The highest BCUT2D eigenvalue weighted by molar-refractivity contribution is 6.81. The highest BCUT2D eigenvalue weighted by Gasteiger charge is 2.06. The Morgan fingerprint density at radius 1 is 1.17 bits per heavy atom. The van der Waals surface area contributed by atoms with Crippen LogP contribution < -0.4 is 6.15 Å². The molecule has 0 aliphatic rings. The van der Waals surface area contributed by atoms with Crippen LogP contribution in [0.3, 0.4) is 0 Å². The van der Waals surface area contributed by atoms with Crippen LogP contribution in [0.4, 0.5) is 0 Å². The number of hydrogen-bond acceptors (Lipinski definition) is 1. The molecule has 0 unspecified atom stereocenters. The zero-order valence-electron chi connectivity index (χ0n) is 3.34. The standard InChI is InChI=1S/CH3Cl3Si.H3N/c2-1(3,4)5;/h5H3;1H3. The van der Waals surface area contributed by atoms with Crippen LogP contribution >= 0.6 is 34.8 Å². The second kappa shape index (κ2) is 3.10. The van der Waals surface area contributed by atoms with Crippen molar-refractivity contribution in [3.63, 3.8) is 0 Å². The lowest BCUT2D eigenvalue weighted by Crippen LogP contribution is -1.96. The Balaban J connectivity index is 0. The van der Waals surface area contributed by atoms with Crippen molar-refractivity contribution in [1.29, 1.82) is 0 Å². The fourth-order valence-electron chi connectivity index (χ4n) is 0. The van der Waals surface area contributed by atoms with Crippen LogP contribution in [0.5, 0.6) is 0 Å². The molecule has 0 rings (SSSR count). The molecule has 5 heteroatoms. The molecule has 0 aliphatic heterocycles. The Hall–Kier alpha value is 1.05. The minimum Gasteiger partial charge on any atom is -0.344 e. The summed E-state index contributed by atoms with van der Waals surface area (Å²) in [6.07, 6.45) is 0. The zero-order chi connectivity index (χ0) is 4.50. The van der Waals surface area contributed by atoms with Gasteiger partial charge in [0.15, 0.2) is 3.42 Å². The lowest BCUT2D eigenvalue weighted by Gasteiger charge is -1.94. The van der Waals surface area contributed by atoms with Gasteiger partial charge >= 0.3 is 0 Å². The molecule has 0 aromatic heterocycles. The molecule has 0 aromatic carbocycles. The molecule has 0 heterocycles. The van der Waals surface area contributed by atoms with Crippen molar-refractivity contribution in [3.05, 3.63) is 0 Å². The van der Waals surface area contributed by atoms with Gasteiger partial charge in [0.1, 0.15) is 0 Å². The molecular weight excluding hydrogens is 160 g/mol. The second-order valence-electron chi connectivity index (χ2n) is 0.781. The van der Waals surface area contributed by atoms with Gasteiger partial charge in [0.05, 0.1) is 10.2 Å². The summed E-state index contributed by atoms with van der Waals surface area (Å²) in [5.74, 6) is 0. The van der Waals surface area contributed by atoms with Gasteiger partial charge in [-0.05, 0) is 0 Å². The highest BCUT2D eigenvalue weighted by atomic mass is 35.6. The lowest BCUT2D eigenvalue weighted by atomic mass is 11.8. The van der Waals surface area contributed by atoms with Gasteiger partial charge in [-0.25, -0.2) is 0 Å². The summed E-state index contributed by atoms with van der Waals surface area (Å²) in [5, 5.41) is 0. The van der Waals surface area contributed by atoms with Crippen molar-refractivity contribution in [3.8, 4) is 0 Å². The number of halogens is 3. The van der Waals surface area contributed by atoms with E-state index in [0.29, 0.717) is 10.2 Å². The van der Waals surface area contributed by atoms with Crippen molar-refractivity contribution in [2.75, 3.05) is 0 Å². The molecule has 0 saturated heterocycles. The van der Waals surface area contributed by atoms with E-state index < -0.39 is 3.42 Å². The largest absolute Gasteiger partial charge is 0.344 e. The van der Waals surface area contributed by atoms with E-state index in [1.54, 1.807) is 0 Å². The van der Waals surface area contributed by atoms with Crippen molar-refractivity contribution >= 4 is 45.0 Å². The number of rotatable bonds is 0. The van der Waals surface area contributed by atoms with Gasteiger partial charge in [0, 0.05) is 0 Å². The van der Waals surface area contributed by atoms with Gasteiger partial charge in [-0.2, -0.15) is 0 Å². The first-order valence-corrected chi connectivity index (χ1v) is 3.20. The van der Waals surface area contributed by atoms with Crippen LogP contribution in [-0.4, -0.2) is 13.7 Å². The highest BCUT2D eigenvalue weighted by Crippen LogP contribution is 2.19. The van der Waals surface area contributed by atoms with Gasteiger partial charge in [0.2, 0.25) is 0 Å². The van der Waals surface area contributed by atoms with Crippen LogP contribution in [0, 0.1) is 0 Å². The molecule has 0 aliphatic carbocycles. The third-order valence-corrected chi connectivity index (χ3v) is 0. The fourth-order valence-corrected chi connectivity index (χ4v) is 0. The van der Waals surface area contributed by atoms with Crippen LogP contribution in [0.15, 0.2) is 0 Å². The third-order valence-electron chi connectivity index (χ3n) is 0. The lowest BCUT2D eigenvalue weighted by molar-refractivity contribution is 1.75. The van der Waals surface area contributed by atoms with Crippen molar-refractivity contribution in [2.45, 2.75) is 3.42 Å². The van der Waals surface area contributed by atoms with Crippen molar-refractivity contribution in [1.82, 2.24) is 6.15 Å². The summed E-state index contributed by atoms with van der Waals surface area (Å²) in [7, 11) is 0.604. The monoisotopic (exact) mass is 165 g/mol. The second-order valence-corrected chi connectivity index (χ2v) is 7.03. The Labute approximate surface area is 55.0 Å². The minimum absolute atomic E-state index is 0. The predicted molar refractivity (Wildman–Crippen MR) is 35.3 cm³/mol. The van der Waals surface area contributed by atoms with Crippen LogP contribution in [0.2, 0.25) is 0 Å². The molecule has 6 heavy (non-hydrogen) atoms. The maximum absolute atomic E-state index is 5.12. The fraction of sp³-hybridized carbons (Fsp3) is 1.00. The van der Waals surface area contributed by atoms with Gasteiger partial charge in [-0.1, -0.05) is 34.8 Å². The van der Waals surface area contributed by atoms with E-state index in [1.165, 1.54) is 0 Å². The SMILES string of the molecule is N.[SiH3]C(Cl)(Cl)Cl. The Kier molecular flexibility index (Phi) is 5.23. The quantitative estimate of drug-likeness (QED) is 0.420. The topological polar surface area (TPSA) is 35.0 Å². The third kappa shape index (κ3) is 75.4. The normalized spacial score (nSPS) is 10.5. The van der Waals surface area contributed by atoms with Crippen LogP contribution in [-0.2, 0) is 0 Å². The number of alkyl halides is 3. The summed E-state index contributed by atoms with van der Waals surface area (Å²) < 4.78 is -0.944. The van der Waals surface area contributed by atoms with E-state index in [0.717, 1.165) is 0 Å². The molecule has 0 bridgehead atoms. The Morgan fingerprint density at radius 2 is 1.17 bits per heavy atom. The minimum atomic E-state index is -0.944. The van der Waals surface area contributed by atoms with E-state index in [4.69, 9.17) is 34.8 Å². The first-order valence-electron chi connectivity index (χ1n) is 1.07. The molecule has 0 aromatic rings. The maximum atomic E-state index is 5.12. The zero-order valence-corrected chi connectivity index (χ0v) is 7.61. The first kappa shape index (κ1) is 10.1. The molecule has 0 spiro atoms. The van der Waals surface area contributed by atoms with E-state index in [1.807, 2.05) is 0 Å². The van der Waals surface area contributed by atoms with Gasteiger partial charge in [0.25, 0.3) is 0 Å². The molecule has 1 nitrogen and oxygen atoms in total. The van der Waals surface area contributed by atoms with Gasteiger partial charge in [-0.15, -0.1) is 0 Å². The summed E-state index contributed by atoms with van der Waals surface area (Å²) in [4.78, 5) is 0. The average molecular weight is 167 g/mol. The maximum Gasteiger partial charge on any atom is 0.166 e. The summed E-state index contributed by atoms with van der Waals surface area (Å²) in [5.41, 5.74) is 0. The van der Waals surface area contributed by atoms with E-state index in [2.05, 4.69) is 0 Å². The Bertz CT molecular complexity index is 26.3. The summed E-state index contributed by atoms with van der Waals surface area (Å²) in [6, 6.07) is 0. The Morgan fingerprint density at radius 3 is 1.17 bits per heavy atom. The number of hydrogen-bond donors (Lipinski definition) is 1. The molecule has 0 amide bonds. The summed E-state index contributed by atoms with van der Waals surface area (Å²) in [6.45, 7) is 0. The molecule has 0 radical (unpaired) electrons. The summed E-state index contributed by atoms with van der Waals surface area (Å²) >= 11 is 15.4. The van der Waals surface area contributed by atoms with Crippen molar-refractivity contribution < 1.29 is 0 Å². The van der Waals surface area contributed by atoms with E-state index in [9.17, 15) is 0 Å². The predicted octanol–water partition coefficient (Wildman–Crippen LogP) is 0.841. The van der Waals surface area contributed by atoms with E-state index >= 15 is 0 Å². The smallest absolute Gasteiger partial charge is 0.166 e. The molecule has 0 saturated carbocycles. The molecule has 3 N–H and O–H groups in total. The molecule has 0 atom stereocenters. The van der Waals surface area contributed by atoms with E-state index in [-0.39, 0.29) is 6.15 Å². The molecule has 0 fully saturated rings. The van der Waals surface area contributed by atoms with Crippen molar-refractivity contribution in [2.24, 2.45) is 0 Å². The van der Waals surface area contributed by atoms with Crippen LogP contribution in [0.1, 0.15) is 0 Å². The van der Waals surface area contributed by atoms with Gasteiger partial charge in [-0.3, -0.25) is 0 Å². The molecule has 40 valence electrons. The molecular formula is CH6Cl3NSi. The van der Waals surface area contributed by atoms with Crippen LogP contribution in [0.25, 0.3) is 0 Å². The van der Waals surface area contributed by atoms with Gasteiger partial charge < -0.3 is 6.15 Å². The first-order chi connectivity index (χ1) is 2.00.